The van der Waals surface area contributed by atoms with Crippen LogP contribution in [0.15, 0.2) is 78.9 Å². The normalized spacial score (nSPS) is 10.2. The molecule has 4 nitrogen and oxygen atoms in total. The number of benzene rings is 3. The maximum atomic E-state index is 12.0. The first-order valence-electron chi connectivity index (χ1n) is 8.29. The molecule has 0 unspecified atom stereocenters. The van der Waals surface area contributed by atoms with Gasteiger partial charge >= 0.3 is 0 Å². The lowest BCUT2D eigenvalue weighted by molar-refractivity contribution is -0.116. The van der Waals surface area contributed by atoms with Crippen molar-refractivity contribution in [2.45, 2.75) is 6.42 Å². The van der Waals surface area contributed by atoms with E-state index in [1.54, 1.807) is 24.3 Å². The molecule has 0 atom stereocenters. The van der Waals surface area contributed by atoms with E-state index in [4.69, 9.17) is 16.3 Å². The summed E-state index contributed by atoms with van der Waals surface area (Å²) in [4.78, 5) is 12.0. The zero-order valence-corrected chi connectivity index (χ0v) is 14.9. The van der Waals surface area contributed by atoms with E-state index in [0.29, 0.717) is 17.4 Å². The van der Waals surface area contributed by atoms with E-state index in [2.05, 4.69) is 10.6 Å². The molecule has 3 rings (SSSR count). The number of para-hydroxylation sites is 1. The zero-order valence-electron chi connectivity index (χ0n) is 14.1. The number of halogens is 1. The van der Waals surface area contributed by atoms with Crippen molar-refractivity contribution < 1.29 is 9.53 Å². The van der Waals surface area contributed by atoms with E-state index in [0.717, 1.165) is 17.1 Å². The SMILES string of the molecule is O=C(CCOc1ccc(Cl)cc1)Nc1ccc(Nc2ccccc2)cc1. The molecular weight excluding hydrogens is 348 g/mol. The topological polar surface area (TPSA) is 50.4 Å². The first-order chi connectivity index (χ1) is 12.7. The van der Waals surface area contributed by atoms with Crippen LogP contribution in [0.1, 0.15) is 6.42 Å². The molecule has 26 heavy (non-hydrogen) atoms. The molecule has 5 heteroatoms. The van der Waals surface area contributed by atoms with Gasteiger partial charge in [0.05, 0.1) is 13.0 Å². The molecule has 3 aromatic rings. The number of nitrogens with one attached hydrogen (secondary N) is 2. The van der Waals surface area contributed by atoms with Crippen molar-refractivity contribution in [1.29, 1.82) is 0 Å². The minimum absolute atomic E-state index is 0.0947. The van der Waals surface area contributed by atoms with Gasteiger partial charge in [0, 0.05) is 22.1 Å². The molecule has 132 valence electrons. The van der Waals surface area contributed by atoms with Gasteiger partial charge < -0.3 is 15.4 Å². The van der Waals surface area contributed by atoms with E-state index in [-0.39, 0.29) is 12.3 Å². The molecule has 0 fully saturated rings. The van der Waals surface area contributed by atoms with Crippen molar-refractivity contribution in [3.63, 3.8) is 0 Å². The summed E-state index contributed by atoms with van der Waals surface area (Å²) in [7, 11) is 0. The number of anilines is 3. The van der Waals surface area contributed by atoms with Crippen LogP contribution in [0.2, 0.25) is 5.02 Å². The van der Waals surface area contributed by atoms with Crippen molar-refractivity contribution in [3.05, 3.63) is 83.9 Å². The lowest BCUT2D eigenvalue weighted by Gasteiger charge is -2.09. The second-order valence-electron chi connectivity index (χ2n) is 5.67. The minimum atomic E-state index is -0.0947. The number of ether oxygens (including phenoxy) is 1. The largest absolute Gasteiger partial charge is 0.493 e. The van der Waals surface area contributed by atoms with E-state index >= 15 is 0 Å². The molecule has 0 aliphatic heterocycles. The van der Waals surface area contributed by atoms with Crippen LogP contribution in [0.4, 0.5) is 17.1 Å². The fourth-order valence-corrected chi connectivity index (χ4v) is 2.47. The Bertz CT molecular complexity index is 834. The first kappa shape index (κ1) is 17.8. The molecule has 0 saturated heterocycles. The molecule has 0 heterocycles. The number of carbonyl (C=O) groups excluding carboxylic acids is 1. The molecule has 0 radical (unpaired) electrons. The Morgan fingerprint density at radius 3 is 2.12 bits per heavy atom. The van der Waals surface area contributed by atoms with E-state index < -0.39 is 0 Å². The highest BCUT2D eigenvalue weighted by molar-refractivity contribution is 6.30. The highest BCUT2D eigenvalue weighted by Gasteiger charge is 2.04. The number of hydrogen-bond acceptors (Lipinski definition) is 3. The van der Waals surface area contributed by atoms with Gasteiger partial charge in [-0.05, 0) is 60.7 Å². The van der Waals surface area contributed by atoms with Gasteiger partial charge in [0.2, 0.25) is 5.91 Å². The summed E-state index contributed by atoms with van der Waals surface area (Å²) in [6.07, 6.45) is 0.270. The smallest absolute Gasteiger partial charge is 0.227 e. The second-order valence-corrected chi connectivity index (χ2v) is 6.11. The summed E-state index contributed by atoms with van der Waals surface area (Å²) in [5, 5.41) is 6.81. The van der Waals surface area contributed by atoms with Gasteiger partial charge in [0.25, 0.3) is 0 Å². The first-order valence-corrected chi connectivity index (χ1v) is 8.67. The average Bonchev–Trinajstić information content (AvgIpc) is 2.66. The highest BCUT2D eigenvalue weighted by atomic mass is 35.5. The molecule has 0 spiro atoms. The zero-order chi connectivity index (χ0) is 18.2. The lowest BCUT2D eigenvalue weighted by Crippen LogP contribution is -2.15. The summed E-state index contributed by atoms with van der Waals surface area (Å²) >= 11 is 5.82. The van der Waals surface area contributed by atoms with Crippen LogP contribution in [-0.2, 0) is 4.79 Å². The summed E-state index contributed by atoms with van der Waals surface area (Å²) in [5.41, 5.74) is 2.73. The maximum Gasteiger partial charge on any atom is 0.227 e. The molecule has 2 N–H and O–H groups in total. The third-order valence-corrected chi connectivity index (χ3v) is 3.89. The number of hydrogen-bond donors (Lipinski definition) is 2. The summed E-state index contributed by atoms with van der Waals surface area (Å²) in [5.74, 6) is 0.598. The Morgan fingerprint density at radius 2 is 1.42 bits per heavy atom. The van der Waals surface area contributed by atoms with Crippen molar-refractivity contribution in [3.8, 4) is 5.75 Å². The Labute approximate surface area is 157 Å². The van der Waals surface area contributed by atoms with Crippen molar-refractivity contribution >= 4 is 34.6 Å². The Morgan fingerprint density at radius 1 is 0.808 bits per heavy atom. The molecule has 0 aliphatic rings. The second kappa shape index (κ2) is 8.92. The Kier molecular flexibility index (Phi) is 6.12. The van der Waals surface area contributed by atoms with E-state index in [9.17, 15) is 4.79 Å². The Hall–Kier alpha value is -2.98. The van der Waals surface area contributed by atoms with Crippen molar-refractivity contribution in [2.24, 2.45) is 0 Å². The summed E-state index contributed by atoms with van der Waals surface area (Å²) in [6.45, 7) is 0.307. The quantitative estimate of drug-likeness (QED) is 0.581. The predicted octanol–water partition coefficient (Wildman–Crippen LogP) is 5.49. The van der Waals surface area contributed by atoms with Crippen molar-refractivity contribution in [1.82, 2.24) is 0 Å². The lowest BCUT2D eigenvalue weighted by atomic mass is 10.2. The molecule has 0 saturated carbocycles. The van der Waals surface area contributed by atoms with Gasteiger partial charge in [0.1, 0.15) is 5.75 Å². The van der Waals surface area contributed by atoms with Crippen LogP contribution >= 0.6 is 11.6 Å². The minimum Gasteiger partial charge on any atom is -0.493 e. The molecule has 0 bridgehead atoms. The van der Waals surface area contributed by atoms with Gasteiger partial charge in [-0.3, -0.25) is 4.79 Å². The fraction of sp³-hybridized carbons (Fsp3) is 0.0952. The highest BCUT2D eigenvalue weighted by Crippen LogP contribution is 2.19. The molecular formula is C21H19ClN2O2. The van der Waals surface area contributed by atoms with Gasteiger partial charge in [-0.1, -0.05) is 29.8 Å². The monoisotopic (exact) mass is 366 g/mol. The molecule has 0 aliphatic carbocycles. The molecule has 3 aromatic carbocycles. The average molecular weight is 367 g/mol. The third kappa shape index (κ3) is 5.53. The van der Waals surface area contributed by atoms with Crippen LogP contribution in [0.5, 0.6) is 5.75 Å². The van der Waals surface area contributed by atoms with E-state index in [1.165, 1.54) is 0 Å². The van der Waals surface area contributed by atoms with E-state index in [1.807, 2.05) is 54.6 Å². The van der Waals surface area contributed by atoms with Crippen molar-refractivity contribution in [2.75, 3.05) is 17.2 Å². The maximum absolute atomic E-state index is 12.0. The summed E-state index contributed by atoms with van der Waals surface area (Å²) < 4.78 is 5.53. The van der Waals surface area contributed by atoms with Gasteiger partial charge in [0.15, 0.2) is 0 Å². The predicted molar refractivity (Wildman–Crippen MR) is 106 cm³/mol. The summed E-state index contributed by atoms with van der Waals surface area (Å²) in [6, 6.07) is 24.5. The van der Waals surface area contributed by atoms with Crippen LogP contribution in [0.3, 0.4) is 0 Å². The van der Waals surface area contributed by atoms with Crippen LogP contribution in [0, 0.1) is 0 Å². The molecule has 1 amide bonds. The number of amides is 1. The fourth-order valence-electron chi connectivity index (χ4n) is 2.34. The third-order valence-electron chi connectivity index (χ3n) is 3.64. The van der Waals surface area contributed by atoms with Crippen LogP contribution < -0.4 is 15.4 Å². The van der Waals surface area contributed by atoms with Crippen LogP contribution in [-0.4, -0.2) is 12.5 Å². The van der Waals surface area contributed by atoms with Gasteiger partial charge in [-0.25, -0.2) is 0 Å². The number of rotatable bonds is 7. The van der Waals surface area contributed by atoms with Gasteiger partial charge in [-0.15, -0.1) is 0 Å². The molecule has 0 aromatic heterocycles. The Balaban J connectivity index is 1.44. The van der Waals surface area contributed by atoms with Crippen LogP contribution in [0.25, 0.3) is 0 Å². The standard InChI is InChI=1S/C21H19ClN2O2/c22-16-6-12-20(13-7-16)26-15-14-21(25)24-19-10-8-18(9-11-19)23-17-4-2-1-3-5-17/h1-13,23H,14-15H2,(H,24,25). The number of carbonyl (C=O) groups is 1. The van der Waals surface area contributed by atoms with Gasteiger partial charge in [-0.2, -0.15) is 0 Å².